The van der Waals surface area contributed by atoms with Gasteiger partial charge in [0, 0.05) is 24.7 Å². The van der Waals surface area contributed by atoms with Gasteiger partial charge in [-0.05, 0) is 49.6 Å². The first-order valence-corrected chi connectivity index (χ1v) is 10.8. The van der Waals surface area contributed by atoms with E-state index in [9.17, 15) is 4.79 Å². The second-order valence-electron chi connectivity index (χ2n) is 7.93. The molecule has 1 aliphatic heterocycles. The molecule has 7 heteroatoms. The van der Waals surface area contributed by atoms with Gasteiger partial charge in [-0.15, -0.1) is 10.2 Å². The monoisotopic (exact) mass is 432 g/mol. The smallest absolute Gasteiger partial charge is 0.229 e. The zero-order valence-corrected chi connectivity index (χ0v) is 18.7. The summed E-state index contributed by atoms with van der Waals surface area (Å²) in [6.07, 6.45) is 1.74. The molecule has 1 atom stereocenters. The first-order valence-electron chi connectivity index (χ1n) is 10.8. The van der Waals surface area contributed by atoms with Crippen molar-refractivity contribution in [1.82, 2.24) is 10.2 Å². The molecular formula is C25H28N4O3. The second kappa shape index (κ2) is 9.68. The van der Waals surface area contributed by atoms with E-state index in [1.165, 1.54) is 5.56 Å². The minimum Gasteiger partial charge on any atom is -0.497 e. The molecule has 1 fully saturated rings. The van der Waals surface area contributed by atoms with Crippen LogP contribution in [0, 0.1) is 12.8 Å². The highest BCUT2D eigenvalue weighted by Crippen LogP contribution is 2.31. The summed E-state index contributed by atoms with van der Waals surface area (Å²) in [7, 11) is 3.17. The van der Waals surface area contributed by atoms with Gasteiger partial charge in [-0.3, -0.25) is 4.79 Å². The highest BCUT2D eigenvalue weighted by molar-refractivity contribution is 5.94. The predicted octanol–water partition coefficient (Wildman–Crippen LogP) is 4.32. The Balaban J connectivity index is 1.44. The van der Waals surface area contributed by atoms with E-state index in [1.807, 2.05) is 30.3 Å². The van der Waals surface area contributed by atoms with E-state index < -0.39 is 0 Å². The number of hydrogen-bond donors (Lipinski definition) is 1. The lowest BCUT2D eigenvalue weighted by Crippen LogP contribution is -2.41. The van der Waals surface area contributed by atoms with Crippen molar-refractivity contribution in [1.29, 1.82) is 0 Å². The molecule has 1 saturated heterocycles. The number of aryl methyl sites for hydroxylation is 1. The van der Waals surface area contributed by atoms with Crippen molar-refractivity contribution >= 4 is 17.4 Å². The number of anilines is 2. The van der Waals surface area contributed by atoms with Crippen molar-refractivity contribution in [2.45, 2.75) is 19.8 Å². The largest absolute Gasteiger partial charge is 0.497 e. The summed E-state index contributed by atoms with van der Waals surface area (Å²) < 4.78 is 10.6. The fourth-order valence-corrected chi connectivity index (χ4v) is 4.03. The number of nitrogens with zero attached hydrogens (tertiary/aromatic N) is 3. The first-order chi connectivity index (χ1) is 15.6. The van der Waals surface area contributed by atoms with Crippen LogP contribution >= 0.6 is 0 Å². The lowest BCUT2D eigenvalue weighted by Gasteiger charge is -2.32. The van der Waals surface area contributed by atoms with Gasteiger partial charge in [0.25, 0.3) is 0 Å². The van der Waals surface area contributed by atoms with Gasteiger partial charge in [0.05, 0.1) is 31.5 Å². The Hall–Kier alpha value is -3.61. The number of ether oxygens (including phenoxy) is 2. The van der Waals surface area contributed by atoms with E-state index in [2.05, 4.69) is 33.4 Å². The zero-order chi connectivity index (χ0) is 22.5. The Morgan fingerprint density at radius 3 is 2.62 bits per heavy atom. The SMILES string of the molecule is COc1ccc(NC(=O)C2CCCN(c3ccc(-c4ccccc4C)nn3)C2)c(OC)c1. The molecule has 32 heavy (non-hydrogen) atoms. The number of hydrogen-bond acceptors (Lipinski definition) is 6. The highest BCUT2D eigenvalue weighted by atomic mass is 16.5. The minimum atomic E-state index is -0.145. The molecule has 3 aromatic rings. The van der Waals surface area contributed by atoms with Crippen LogP contribution in [-0.4, -0.2) is 43.4 Å². The summed E-state index contributed by atoms with van der Waals surface area (Å²) in [5.74, 6) is 1.87. The predicted molar refractivity (Wildman–Crippen MR) is 125 cm³/mol. The number of aromatic nitrogens is 2. The maximum atomic E-state index is 13.0. The number of rotatable bonds is 6. The number of carbonyl (C=O) groups excluding carboxylic acids is 1. The maximum Gasteiger partial charge on any atom is 0.229 e. The summed E-state index contributed by atoms with van der Waals surface area (Å²) in [6.45, 7) is 3.52. The van der Waals surface area contributed by atoms with Crippen molar-refractivity contribution in [2.75, 3.05) is 37.5 Å². The summed E-state index contributed by atoms with van der Waals surface area (Å²) in [4.78, 5) is 15.1. The van der Waals surface area contributed by atoms with E-state index >= 15 is 0 Å². The lowest BCUT2D eigenvalue weighted by molar-refractivity contribution is -0.120. The van der Waals surface area contributed by atoms with E-state index in [0.717, 1.165) is 36.5 Å². The lowest BCUT2D eigenvalue weighted by atomic mass is 9.97. The minimum absolute atomic E-state index is 0.0253. The molecule has 1 amide bonds. The van der Waals surface area contributed by atoms with Gasteiger partial charge in [0.15, 0.2) is 5.82 Å². The molecule has 166 valence electrons. The van der Waals surface area contributed by atoms with Crippen molar-refractivity contribution in [2.24, 2.45) is 5.92 Å². The molecule has 7 nitrogen and oxygen atoms in total. The van der Waals surface area contributed by atoms with Crippen molar-refractivity contribution in [3.63, 3.8) is 0 Å². The normalized spacial score (nSPS) is 15.8. The van der Waals surface area contributed by atoms with E-state index in [-0.39, 0.29) is 11.8 Å². The van der Waals surface area contributed by atoms with Crippen molar-refractivity contribution in [3.05, 3.63) is 60.2 Å². The van der Waals surface area contributed by atoms with Crippen LogP contribution in [0.3, 0.4) is 0 Å². The standard InChI is InChI=1S/C25H28N4O3/c1-17-7-4-5-9-20(17)21-12-13-24(28-27-21)29-14-6-8-18(16-29)25(30)26-22-11-10-19(31-2)15-23(22)32-3/h4-5,7,9-13,15,18H,6,8,14,16H2,1-3H3,(H,26,30). The molecule has 0 spiro atoms. The Kier molecular flexibility index (Phi) is 6.54. The third kappa shape index (κ3) is 4.66. The highest BCUT2D eigenvalue weighted by Gasteiger charge is 2.27. The van der Waals surface area contributed by atoms with E-state index in [0.29, 0.717) is 23.7 Å². The molecule has 2 aromatic carbocycles. The molecule has 0 radical (unpaired) electrons. The summed E-state index contributed by atoms with van der Waals surface area (Å²) >= 11 is 0. The number of carbonyl (C=O) groups is 1. The quantitative estimate of drug-likeness (QED) is 0.625. The molecule has 0 saturated carbocycles. The Bertz CT molecular complexity index is 1080. The van der Waals surface area contributed by atoms with Gasteiger partial charge in [-0.2, -0.15) is 0 Å². The summed E-state index contributed by atoms with van der Waals surface area (Å²) in [6, 6.07) is 17.5. The maximum absolute atomic E-state index is 13.0. The van der Waals surface area contributed by atoms with E-state index in [4.69, 9.17) is 9.47 Å². The van der Waals surface area contributed by atoms with Crippen molar-refractivity contribution < 1.29 is 14.3 Å². The van der Waals surface area contributed by atoms with Crippen LogP contribution < -0.4 is 19.7 Å². The molecule has 1 N–H and O–H groups in total. The number of amides is 1. The first kappa shape index (κ1) is 21.6. The summed E-state index contributed by atoms with van der Waals surface area (Å²) in [5.41, 5.74) is 3.73. The Morgan fingerprint density at radius 2 is 1.91 bits per heavy atom. The van der Waals surface area contributed by atoms with Gasteiger partial charge >= 0.3 is 0 Å². The molecular weight excluding hydrogens is 404 g/mol. The van der Waals surface area contributed by atoms with Gasteiger partial charge in [-0.1, -0.05) is 24.3 Å². The number of methoxy groups -OCH3 is 2. The average molecular weight is 433 g/mol. The van der Waals surface area contributed by atoms with Crippen LogP contribution in [0.15, 0.2) is 54.6 Å². The average Bonchev–Trinajstić information content (AvgIpc) is 2.85. The molecule has 2 heterocycles. The van der Waals surface area contributed by atoms with Crippen molar-refractivity contribution in [3.8, 4) is 22.8 Å². The Morgan fingerprint density at radius 1 is 1.06 bits per heavy atom. The molecule has 1 aliphatic rings. The zero-order valence-electron chi connectivity index (χ0n) is 18.7. The second-order valence-corrected chi connectivity index (χ2v) is 7.93. The summed E-state index contributed by atoms with van der Waals surface area (Å²) in [5, 5.41) is 11.9. The molecule has 1 unspecified atom stereocenters. The topological polar surface area (TPSA) is 76.6 Å². The third-order valence-electron chi connectivity index (χ3n) is 5.85. The number of piperidine rings is 1. The van der Waals surface area contributed by atoms with Crippen LogP contribution in [0.5, 0.6) is 11.5 Å². The molecule has 4 rings (SSSR count). The number of benzene rings is 2. The van der Waals surface area contributed by atoms with Crippen LogP contribution in [0.4, 0.5) is 11.5 Å². The molecule has 0 aliphatic carbocycles. The van der Waals surface area contributed by atoms with Gasteiger partial charge in [0.1, 0.15) is 11.5 Å². The van der Waals surface area contributed by atoms with E-state index in [1.54, 1.807) is 32.4 Å². The fraction of sp³-hybridized carbons (Fsp3) is 0.320. The molecule has 1 aromatic heterocycles. The van der Waals surface area contributed by atoms with Crippen LogP contribution in [-0.2, 0) is 4.79 Å². The molecule has 0 bridgehead atoms. The van der Waals surface area contributed by atoms with Crippen LogP contribution in [0.25, 0.3) is 11.3 Å². The fourth-order valence-electron chi connectivity index (χ4n) is 4.03. The van der Waals surface area contributed by atoms with Gasteiger partial charge in [0.2, 0.25) is 5.91 Å². The Labute approximate surface area is 188 Å². The van der Waals surface area contributed by atoms with Crippen LogP contribution in [0.1, 0.15) is 18.4 Å². The van der Waals surface area contributed by atoms with Gasteiger partial charge < -0.3 is 19.7 Å². The van der Waals surface area contributed by atoms with Crippen LogP contribution in [0.2, 0.25) is 0 Å². The van der Waals surface area contributed by atoms with Gasteiger partial charge in [-0.25, -0.2) is 0 Å². The third-order valence-corrected chi connectivity index (χ3v) is 5.85. The number of nitrogens with one attached hydrogen (secondary N) is 1.